The second kappa shape index (κ2) is 7.48. The molecular weight excluding hydrogens is 360 g/mol. The summed E-state index contributed by atoms with van der Waals surface area (Å²) in [5.41, 5.74) is 10.4. The van der Waals surface area contributed by atoms with E-state index in [4.69, 9.17) is 10.7 Å². The predicted molar refractivity (Wildman–Crippen MR) is 119 cm³/mol. The molecule has 0 aliphatic rings. The van der Waals surface area contributed by atoms with Crippen LogP contribution in [0.15, 0.2) is 48.5 Å². The van der Waals surface area contributed by atoms with Gasteiger partial charge < -0.3 is 15.4 Å². The summed E-state index contributed by atoms with van der Waals surface area (Å²) in [4.78, 5) is 9.42. The van der Waals surface area contributed by atoms with Crippen LogP contribution in [0.4, 0.5) is 5.82 Å². The normalized spacial score (nSPS) is 12.1. The summed E-state index contributed by atoms with van der Waals surface area (Å²) in [5, 5.41) is 11.6. The predicted octanol–water partition coefficient (Wildman–Crippen LogP) is 4.48. The van der Waals surface area contributed by atoms with Crippen molar-refractivity contribution in [2.75, 3.05) is 5.73 Å². The van der Waals surface area contributed by atoms with Gasteiger partial charge in [0.15, 0.2) is 5.82 Å². The van der Waals surface area contributed by atoms with Crippen LogP contribution in [0.1, 0.15) is 44.1 Å². The molecule has 0 radical (unpaired) electrons. The van der Waals surface area contributed by atoms with E-state index in [1.165, 1.54) is 11.1 Å². The van der Waals surface area contributed by atoms with Gasteiger partial charge in [-0.25, -0.2) is 9.97 Å². The van der Waals surface area contributed by atoms with E-state index in [1.54, 1.807) is 0 Å². The minimum absolute atomic E-state index is 0.440. The Morgan fingerprint density at radius 2 is 1.79 bits per heavy atom. The molecule has 0 aliphatic heterocycles. The number of nitrogens with zero attached hydrogens (tertiary/aromatic N) is 3. The molecule has 2 aromatic heterocycles. The second-order valence-electron chi connectivity index (χ2n) is 8.38. The molecule has 150 valence electrons. The van der Waals surface area contributed by atoms with Gasteiger partial charge in [-0.1, -0.05) is 43.3 Å². The van der Waals surface area contributed by atoms with Crippen LogP contribution < -0.4 is 5.73 Å². The number of rotatable bonds is 6. The first-order valence-electron chi connectivity index (χ1n) is 10.2. The van der Waals surface area contributed by atoms with E-state index >= 15 is 0 Å². The molecule has 2 aromatic carbocycles. The minimum Gasteiger partial charge on any atom is -0.389 e. The Morgan fingerprint density at radius 1 is 1.03 bits per heavy atom. The highest BCUT2D eigenvalue weighted by Crippen LogP contribution is 2.31. The fourth-order valence-electron chi connectivity index (χ4n) is 3.92. The summed E-state index contributed by atoms with van der Waals surface area (Å²) in [6.45, 7) is 6.23. The Morgan fingerprint density at radius 3 is 2.48 bits per heavy atom. The van der Waals surface area contributed by atoms with Crippen LogP contribution in [0.25, 0.3) is 21.9 Å². The number of benzene rings is 2. The number of nitrogen functional groups attached to an aromatic ring is 1. The third-order valence-electron chi connectivity index (χ3n) is 5.12. The van der Waals surface area contributed by atoms with E-state index in [0.717, 1.165) is 47.0 Å². The molecule has 0 saturated carbocycles. The van der Waals surface area contributed by atoms with E-state index in [2.05, 4.69) is 52.9 Å². The molecular formula is C24H28N4O. The van der Waals surface area contributed by atoms with E-state index in [-0.39, 0.29) is 0 Å². The molecule has 29 heavy (non-hydrogen) atoms. The molecule has 0 fully saturated rings. The Bertz CT molecular complexity index is 1160. The van der Waals surface area contributed by atoms with Gasteiger partial charge in [0.1, 0.15) is 11.3 Å². The lowest BCUT2D eigenvalue weighted by molar-refractivity contribution is 0.0618. The quantitative estimate of drug-likeness (QED) is 0.510. The monoisotopic (exact) mass is 388 g/mol. The van der Waals surface area contributed by atoms with E-state index in [9.17, 15) is 5.11 Å². The lowest BCUT2D eigenvalue weighted by Gasteiger charge is -2.20. The molecule has 5 heteroatoms. The molecule has 0 amide bonds. The van der Waals surface area contributed by atoms with Crippen LogP contribution in [0, 0.1) is 0 Å². The van der Waals surface area contributed by atoms with E-state index in [1.807, 2.05) is 26.0 Å². The average molecular weight is 389 g/mol. The number of hydrogen-bond donors (Lipinski definition) is 2. The molecule has 0 bridgehead atoms. The van der Waals surface area contributed by atoms with Crippen molar-refractivity contribution in [3.05, 3.63) is 65.5 Å². The van der Waals surface area contributed by atoms with Crippen molar-refractivity contribution in [3.8, 4) is 0 Å². The van der Waals surface area contributed by atoms with Gasteiger partial charge in [-0.05, 0) is 49.9 Å². The number of anilines is 1. The van der Waals surface area contributed by atoms with Crippen molar-refractivity contribution in [1.82, 2.24) is 14.5 Å². The van der Waals surface area contributed by atoms with Crippen LogP contribution in [0.3, 0.4) is 0 Å². The summed E-state index contributed by atoms with van der Waals surface area (Å²) < 4.78 is 2.13. The van der Waals surface area contributed by atoms with Crippen LogP contribution in [0.2, 0.25) is 0 Å². The summed E-state index contributed by atoms with van der Waals surface area (Å²) in [5.74, 6) is 1.38. The average Bonchev–Trinajstić information content (AvgIpc) is 3.01. The Balaban J connectivity index is 1.94. The van der Waals surface area contributed by atoms with Crippen molar-refractivity contribution in [1.29, 1.82) is 0 Å². The molecule has 0 spiro atoms. The molecule has 0 unspecified atom stereocenters. The zero-order chi connectivity index (χ0) is 20.6. The maximum atomic E-state index is 10.5. The Hall–Kier alpha value is -2.92. The summed E-state index contributed by atoms with van der Waals surface area (Å²) in [6, 6.07) is 16.8. The van der Waals surface area contributed by atoms with Crippen LogP contribution in [-0.2, 0) is 19.4 Å². The summed E-state index contributed by atoms with van der Waals surface area (Å²) in [6.07, 6.45) is 2.65. The van der Waals surface area contributed by atoms with Gasteiger partial charge >= 0.3 is 0 Å². The van der Waals surface area contributed by atoms with Crippen LogP contribution >= 0.6 is 0 Å². The Kier molecular flexibility index (Phi) is 5.01. The number of nitrogens with two attached hydrogens (primary N) is 1. The summed E-state index contributed by atoms with van der Waals surface area (Å²) in [7, 11) is 0. The van der Waals surface area contributed by atoms with Crippen molar-refractivity contribution in [2.45, 2.75) is 52.2 Å². The fourth-order valence-corrected chi connectivity index (χ4v) is 3.92. The first-order chi connectivity index (χ1) is 13.9. The number of aromatic nitrogens is 3. The maximum absolute atomic E-state index is 10.5. The lowest BCUT2D eigenvalue weighted by atomic mass is 10.0. The van der Waals surface area contributed by atoms with E-state index < -0.39 is 5.60 Å². The van der Waals surface area contributed by atoms with Crippen molar-refractivity contribution in [2.24, 2.45) is 0 Å². The van der Waals surface area contributed by atoms with Gasteiger partial charge in [0.05, 0.1) is 23.2 Å². The first kappa shape index (κ1) is 19.4. The zero-order valence-corrected chi connectivity index (χ0v) is 17.3. The number of fused-ring (bicyclic) bond motifs is 3. The van der Waals surface area contributed by atoms with Gasteiger partial charge in [-0.3, -0.25) is 0 Å². The molecule has 0 atom stereocenters. The highest BCUT2D eigenvalue weighted by atomic mass is 16.3. The van der Waals surface area contributed by atoms with Crippen molar-refractivity contribution in [3.63, 3.8) is 0 Å². The van der Waals surface area contributed by atoms with Gasteiger partial charge in [0.2, 0.25) is 0 Å². The molecule has 4 aromatic rings. The number of aliphatic hydroxyl groups is 1. The molecule has 0 saturated heterocycles. The maximum Gasteiger partial charge on any atom is 0.152 e. The second-order valence-corrected chi connectivity index (χ2v) is 8.38. The topological polar surface area (TPSA) is 77.0 Å². The number of hydrogen-bond acceptors (Lipinski definition) is 4. The minimum atomic E-state index is -0.859. The van der Waals surface area contributed by atoms with E-state index in [0.29, 0.717) is 12.4 Å². The van der Waals surface area contributed by atoms with Crippen molar-refractivity contribution >= 4 is 27.8 Å². The number of imidazole rings is 1. The molecule has 4 rings (SSSR count). The van der Waals surface area contributed by atoms with Crippen LogP contribution in [0.5, 0.6) is 0 Å². The molecule has 0 aliphatic carbocycles. The Labute approximate surface area is 171 Å². The number of pyridine rings is 1. The fraction of sp³-hybridized carbons (Fsp3) is 0.333. The van der Waals surface area contributed by atoms with Gasteiger partial charge in [0.25, 0.3) is 0 Å². The lowest BCUT2D eigenvalue weighted by Crippen LogP contribution is -2.27. The van der Waals surface area contributed by atoms with Gasteiger partial charge in [0, 0.05) is 11.8 Å². The molecule has 2 heterocycles. The third-order valence-corrected chi connectivity index (χ3v) is 5.12. The van der Waals surface area contributed by atoms with Gasteiger partial charge in [-0.15, -0.1) is 0 Å². The summed E-state index contributed by atoms with van der Waals surface area (Å²) >= 11 is 0. The third kappa shape index (κ3) is 3.96. The number of aryl methyl sites for hydroxylation is 1. The van der Waals surface area contributed by atoms with Crippen LogP contribution in [-0.4, -0.2) is 25.2 Å². The molecule has 3 N–H and O–H groups in total. The standard InChI is InChI=1S/C24H28N4O/c1-4-8-20-27-21-22(28(20)15-24(2,3)29)18-14-17(11-12-19(18)26-23(21)25)13-16-9-6-5-7-10-16/h5-7,9-12,14,29H,4,8,13,15H2,1-3H3,(H2,25,26). The zero-order valence-electron chi connectivity index (χ0n) is 17.3. The largest absolute Gasteiger partial charge is 0.389 e. The first-order valence-corrected chi connectivity index (χ1v) is 10.2. The van der Waals surface area contributed by atoms with Gasteiger partial charge in [-0.2, -0.15) is 0 Å². The van der Waals surface area contributed by atoms with Crippen molar-refractivity contribution < 1.29 is 5.11 Å². The molecule has 5 nitrogen and oxygen atoms in total. The SMILES string of the molecule is CCCc1nc2c(N)nc3ccc(Cc4ccccc4)cc3c2n1CC(C)(C)O. The highest BCUT2D eigenvalue weighted by molar-refractivity contribution is 6.06. The highest BCUT2D eigenvalue weighted by Gasteiger charge is 2.22. The smallest absolute Gasteiger partial charge is 0.152 e.